The minimum absolute atomic E-state index is 0.0912. The molecule has 0 aliphatic rings. The zero-order chi connectivity index (χ0) is 15.2. The second-order valence-electron chi connectivity index (χ2n) is 4.99. The summed E-state index contributed by atoms with van der Waals surface area (Å²) in [6, 6.07) is 8.73. The molecule has 1 aromatic carbocycles. The Labute approximate surface area is 123 Å². The molecule has 21 heavy (non-hydrogen) atoms. The van der Waals surface area contributed by atoms with Crippen LogP contribution >= 0.6 is 0 Å². The van der Waals surface area contributed by atoms with Gasteiger partial charge in [-0.25, -0.2) is 4.68 Å². The molecule has 0 saturated heterocycles. The molecule has 0 saturated carbocycles. The highest BCUT2D eigenvalue weighted by Gasteiger charge is 2.06. The first-order valence-corrected chi connectivity index (χ1v) is 6.95. The van der Waals surface area contributed by atoms with Gasteiger partial charge >= 0.3 is 0 Å². The predicted octanol–water partition coefficient (Wildman–Crippen LogP) is 1.68. The molecule has 0 aliphatic carbocycles. The fourth-order valence-electron chi connectivity index (χ4n) is 1.97. The maximum absolute atomic E-state index is 12.0. The van der Waals surface area contributed by atoms with Gasteiger partial charge in [0.15, 0.2) is 0 Å². The molecule has 1 N–H and O–H groups in total. The van der Waals surface area contributed by atoms with E-state index in [1.807, 2.05) is 32.0 Å². The number of amides is 1. The largest absolute Gasteiger partial charge is 0.352 e. The Morgan fingerprint density at radius 2 is 2.05 bits per heavy atom. The van der Waals surface area contributed by atoms with Gasteiger partial charge in [0.05, 0.1) is 0 Å². The number of rotatable bonds is 5. The highest BCUT2D eigenvalue weighted by molar-refractivity contribution is 5.94. The number of carbonyl (C=O) groups excluding carboxylic acids is 1. The molecule has 0 fully saturated rings. The first kappa shape index (κ1) is 15.0. The van der Waals surface area contributed by atoms with Gasteiger partial charge in [0.25, 0.3) is 11.5 Å². The molecular formula is C16H19N3O2. The summed E-state index contributed by atoms with van der Waals surface area (Å²) >= 11 is 0. The molecule has 5 nitrogen and oxygen atoms in total. The molecule has 0 atom stereocenters. The lowest BCUT2D eigenvalue weighted by Crippen LogP contribution is -2.27. The highest BCUT2D eigenvalue weighted by Crippen LogP contribution is 2.09. The molecule has 0 spiro atoms. The van der Waals surface area contributed by atoms with Crippen molar-refractivity contribution in [2.24, 2.45) is 0 Å². The van der Waals surface area contributed by atoms with E-state index < -0.39 is 0 Å². The minimum atomic E-state index is -0.127. The summed E-state index contributed by atoms with van der Waals surface area (Å²) in [5.74, 6) is -0.0912. The highest BCUT2D eigenvalue weighted by atomic mass is 16.1. The van der Waals surface area contributed by atoms with Crippen molar-refractivity contribution >= 4 is 5.91 Å². The second kappa shape index (κ2) is 6.83. The number of aryl methyl sites for hydroxylation is 3. The molecular weight excluding hydrogens is 266 g/mol. The zero-order valence-electron chi connectivity index (χ0n) is 12.3. The van der Waals surface area contributed by atoms with Gasteiger partial charge in [0, 0.05) is 30.9 Å². The molecule has 1 aromatic heterocycles. The van der Waals surface area contributed by atoms with Gasteiger partial charge in [-0.3, -0.25) is 9.59 Å². The van der Waals surface area contributed by atoms with E-state index in [-0.39, 0.29) is 11.5 Å². The van der Waals surface area contributed by atoms with Crippen molar-refractivity contribution in [1.82, 2.24) is 15.1 Å². The van der Waals surface area contributed by atoms with Crippen LogP contribution < -0.4 is 10.9 Å². The SMILES string of the molecule is Cc1ccc(C(=O)NCCCn2ncccc2=O)cc1C. The second-order valence-corrected chi connectivity index (χ2v) is 4.99. The Hall–Kier alpha value is -2.43. The van der Waals surface area contributed by atoms with Crippen LogP contribution in [0.25, 0.3) is 0 Å². The van der Waals surface area contributed by atoms with Crippen LogP contribution in [0, 0.1) is 13.8 Å². The normalized spacial score (nSPS) is 10.4. The van der Waals surface area contributed by atoms with Crippen molar-refractivity contribution in [3.63, 3.8) is 0 Å². The van der Waals surface area contributed by atoms with Crippen LogP contribution in [0.4, 0.5) is 0 Å². The first-order valence-electron chi connectivity index (χ1n) is 6.95. The standard InChI is InChI=1S/C16H19N3O2/c1-12-6-7-14(11-13(12)2)16(21)17-8-4-10-19-15(20)5-3-9-18-19/h3,5-7,9,11H,4,8,10H2,1-2H3,(H,17,21). The van der Waals surface area contributed by atoms with Gasteiger partial charge in [-0.2, -0.15) is 5.10 Å². The molecule has 5 heteroatoms. The summed E-state index contributed by atoms with van der Waals surface area (Å²) in [4.78, 5) is 23.4. The third-order valence-electron chi connectivity index (χ3n) is 3.39. The van der Waals surface area contributed by atoms with Gasteiger partial charge in [0.1, 0.15) is 0 Å². The van der Waals surface area contributed by atoms with Crippen LogP contribution in [0.3, 0.4) is 0 Å². The Balaban J connectivity index is 1.83. The van der Waals surface area contributed by atoms with Gasteiger partial charge in [-0.1, -0.05) is 6.07 Å². The van der Waals surface area contributed by atoms with Gasteiger partial charge in [-0.15, -0.1) is 0 Å². The summed E-state index contributed by atoms with van der Waals surface area (Å²) in [5, 5.41) is 6.82. The molecule has 110 valence electrons. The maximum atomic E-state index is 12.0. The van der Waals surface area contributed by atoms with Crippen molar-refractivity contribution < 1.29 is 4.79 Å². The van der Waals surface area contributed by atoms with E-state index in [2.05, 4.69) is 10.4 Å². The third-order valence-corrected chi connectivity index (χ3v) is 3.39. The van der Waals surface area contributed by atoms with Crippen LogP contribution in [-0.4, -0.2) is 22.2 Å². The van der Waals surface area contributed by atoms with E-state index in [4.69, 9.17) is 0 Å². The topological polar surface area (TPSA) is 64.0 Å². The Morgan fingerprint density at radius 1 is 1.24 bits per heavy atom. The van der Waals surface area contributed by atoms with Crippen molar-refractivity contribution in [2.75, 3.05) is 6.54 Å². The van der Waals surface area contributed by atoms with Gasteiger partial charge in [-0.05, 0) is 49.6 Å². The number of aromatic nitrogens is 2. The summed E-state index contributed by atoms with van der Waals surface area (Å²) < 4.78 is 1.39. The van der Waals surface area contributed by atoms with Crippen LogP contribution in [0.1, 0.15) is 27.9 Å². The molecule has 2 aromatic rings. The van der Waals surface area contributed by atoms with Crippen LogP contribution in [0.15, 0.2) is 41.3 Å². The molecule has 0 bridgehead atoms. The molecule has 2 rings (SSSR count). The number of carbonyl (C=O) groups is 1. The van der Waals surface area contributed by atoms with Crippen molar-refractivity contribution in [3.8, 4) is 0 Å². The molecule has 0 unspecified atom stereocenters. The lowest BCUT2D eigenvalue weighted by atomic mass is 10.1. The smallest absolute Gasteiger partial charge is 0.266 e. The number of nitrogens with one attached hydrogen (secondary N) is 1. The fraction of sp³-hybridized carbons (Fsp3) is 0.312. The van der Waals surface area contributed by atoms with E-state index in [9.17, 15) is 9.59 Å². The van der Waals surface area contributed by atoms with Crippen molar-refractivity contribution in [2.45, 2.75) is 26.8 Å². The molecule has 0 aliphatic heterocycles. The Bertz CT molecular complexity index is 692. The van der Waals surface area contributed by atoms with E-state index in [1.165, 1.54) is 16.3 Å². The average molecular weight is 285 g/mol. The number of nitrogens with zero attached hydrogens (tertiary/aromatic N) is 2. The maximum Gasteiger partial charge on any atom is 0.266 e. The summed E-state index contributed by atoms with van der Waals surface area (Å²) in [7, 11) is 0. The lowest BCUT2D eigenvalue weighted by molar-refractivity contribution is 0.0952. The van der Waals surface area contributed by atoms with E-state index >= 15 is 0 Å². The number of hydrogen-bond acceptors (Lipinski definition) is 3. The zero-order valence-corrected chi connectivity index (χ0v) is 12.3. The predicted molar refractivity (Wildman–Crippen MR) is 81.4 cm³/mol. The lowest BCUT2D eigenvalue weighted by Gasteiger charge is -2.07. The van der Waals surface area contributed by atoms with Crippen molar-refractivity contribution in [3.05, 3.63) is 63.6 Å². The average Bonchev–Trinajstić information content (AvgIpc) is 2.48. The third kappa shape index (κ3) is 4.02. The molecule has 1 heterocycles. The van der Waals surface area contributed by atoms with Crippen LogP contribution in [0.2, 0.25) is 0 Å². The minimum Gasteiger partial charge on any atom is -0.352 e. The summed E-state index contributed by atoms with van der Waals surface area (Å²) in [5.41, 5.74) is 2.80. The Morgan fingerprint density at radius 3 is 2.76 bits per heavy atom. The van der Waals surface area contributed by atoms with Crippen molar-refractivity contribution in [1.29, 1.82) is 0 Å². The molecule has 0 radical (unpaired) electrons. The summed E-state index contributed by atoms with van der Waals surface area (Å²) in [6.07, 6.45) is 2.24. The molecule has 1 amide bonds. The van der Waals surface area contributed by atoms with Crippen LogP contribution in [0.5, 0.6) is 0 Å². The quantitative estimate of drug-likeness (QED) is 0.850. The van der Waals surface area contributed by atoms with Crippen LogP contribution in [-0.2, 0) is 6.54 Å². The fourth-order valence-corrected chi connectivity index (χ4v) is 1.97. The Kier molecular flexibility index (Phi) is 4.87. The first-order chi connectivity index (χ1) is 10.1. The summed E-state index contributed by atoms with van der Waals surface area (Å²) in [6.45, 7) is 5.00. The number of hydrogen-bond donors (Lipinski definition) is 1. The monoisotopic (exact) mass is 285 g/mol. The van der Waals surface area contributed by atoms with Gasteiger partial charge in [0.2, 0.25) is 0 Å². The van der Waals surface area contributed by atoms with Gasteiger partial charge < -0.3 is 5.32 Å². The number of benzene rings is 1. The van der Waals surface area contributed by atoms with E-state index in [0.717, 1.165) is 5.56 Å². The van der Waals surface area contributed by atoms with E-state index in [0.29, 0.717) is 25.1 Å². The van der Waals surface area contributed by atoms with E-state index in [1.54, 1.807) is 12.3 Å².